The number of aliphatic hydroxyl groups excluding tert-OH is 1. The Morgan fingerprint density at radius 1 is 1.47 bits per heavy atom. The number of nitrogens with zero attached hydrogens (tertiary/aromatic N) is 1. The van der Waals surface area contributed by atoms with Crippen molar-refractivity contribution in [2.24, 2.45) is 0 Å². The van der Waals surface area contributed by atoms with E-state index < -0.39 is 17.4 Å². The minimum absolute atomic E-state index is 0.372. The van der Waals surface area contributed by atoms with Crippen LogP contribution in [0.2, 0.25) is 0 Å². The molecule has 2 unspecified atom stereocenters. The highest BCUT2D eigenvalue weighted by atomic mass is 16.3. The van der Waals surface area contributed by atoms with Crippen molar-refractivity contribution in [1.82, 2.24) is 9.55 Å². The quantitative estimate of drug-likeness (QED) is 0.627. The number of rotatable bonds is 1. The summed E-state index contributed by atoms with van der Waals surface area (Å²) in [6.45, 7) is 0. The number of nitrogens with one attached hydrogen (secondary N) is 1. The molecule has 2 N–H and O–H groups in total. The van der Waals surface area contributed by atoms with E-state index >= 15 is 0 Å². The standard InChI is InChI=1S/C10H12N2O3/c13-8-4-2-1-3-7(8)12-6-5-9(14)11-10(12)15/h1,3,5-8,13H,2,4H2,(H,11,14,15). The summed E-state index contributed by atoms with van der Waals surface area (Å²) in [5, 5.41) is 9.71. The Labute approximate surface area is 85.7 Å². The number of aromatic amines is 1. The van der Waals surface area contributed by atoms with Crippen molar-refractivity contribution in [1.29, 1.82) is 0 Å². The van der Waals surface area contributed by atoms with Gasteiger partial charge in [0.2, 0.25) is 0 Å². The second-order valence-electron chi connectivity index (χ2n) is 3.58. The zero-order chi connectivity index (χ0) is 10.8. The molecule has 80 valence electrons. The first kappa shape index (κ1) is 9.92. The summed E-state index contributed by atoms with van der Waals surface area (Å²) < 4.78 is 1.34. The molecule has 1 aromatic heterocycles. The van der Waals surface area contributed by atoms with Gasteiger partial charge in [0.15, 0.2) is 0 Å². The van der Waals surface area contributed by atoms with Gasteiger partial charge >= 0.3 is 5.69 Å². The van der Waals surface area contributed by atoms with Crippen LogP contribution in [0.4, 0.5) is 0 Å². The van der Waals surface area contributed by atoms with Crippen LogP contribution >= 0.6 is 0 Å². The van der Waals surface area contributed by atoms with E-state index in [1.165, 1.54) is 16.8 Å². The predicted octanol–water partition coefficient (Wildman–Crippen LogP) is -0.211. The summed E-state index contributed by atoms with van der Waals surface area (Å²) in [6.07, 6.45) is 5.99. The smallest absolute Gasteiger partial charge is 0.328 e. The van der Waals surface area contributed by atoms with Crippen LogP contribution in [0.1, 0.15) is 18.9 Å². The second-order valence-corrected chi connectivity index (χ2v) is 3.58. The van der Waals surface area contributed by atoms with E-state index in [0.29, 0.717) is 6.42 Å². The van der Waals surface area contributed by atoms with Gasteiger partial charge in [0.05, 0.1) is 12.1 Å². The molecule has 0 saturated heterocycles. The van der Waals surface area contributed by atoms with Gasteiger partial charge < -0.3 is 5.11 Å². The molecular weight excluding hydrogens is 196 g/mol. The highest BCUT2D eigenvalue weighted by Crippen LogP contribution is 2.20. The minimum atomic E-state index is -0.571. The molecule has 1 aliphatic carbocycles. The molecular formula is C10H12N2O3. The van der Waals surface area contributed by atoms with Crippen molar-refractivity contribution in [2.75, 3.05) is 0 Å². The van der Waals surface area contributed by atoms with Gasteiger partial charge in [0.1, 0.15) is 0 Å². The fourth-order valence-corrected chi connectivity index (χ4v) is 1.74. The van der Waals surface area contributed by atoms with E-state index in [-0.39, 0.29) is 6.04 Å². The first-order valence-corrected chi connectivity index (χ1v) is 4.84. The third-order valence-electron chi connectivity index (χ3n) is 2.53. The highest BCUT2D eigenvalue weighted by Gasteiger charge is 2.21. The van der Waals surface area contributed by atoms with Gasteiger partial charge in [-0.1, -0.05) is 12.2 Å². The van der Waals surface area contributed by atoms with Gasteiger partial charge in [-0.25, -0.2) is 4.79 Å². The number of aliphatic hydroxyl groups is 1. The van der Waals surface area contributed by atoms with Crippen molar-refractivity contribution in [3.05, 3.63) is 45.3 Å². The summed E-state index contributed by atoms with van der Waals surface area (Å²) in [4.78, 5) is 24.5. The SMILES string of the molecule is O=c1ccn(C2C=CCCC2O)c(=O)[nH]1. The summed E-state index contributed by atoms with van der Waals surface area (Å²) in [7, 11) is 0. The van der Waals surface area contributed by atoms with Crippen molar-refractivity contribution >= 4 is 0 Å². The molecule has 0 saturated carbocycles. The summed E-state index contributed by atoms with van der Waals surface area (Å²) >= 11 is 0. The van der Waals surface area contributed by atoms with Gasteiger partial charge in [-0.05, 0) is 12.8 Å². The molecule has 2 atom stereocenters. The van der Waals surface area contributed by atoms with Gasteiger partial charge in [-0.15, -0.1) is 0 Å². The molecule has 5 heteroatoms. The molecule has 0 radical (unpaired) electrons. The fraction of sp³-hybridized carbons (Fsp3) is 0.400. The Morgan fingerprint density at radius 3 is 2.93 bits per heavy atom. The third kappa shape index (κ3) is 1.92. The number of hydrogen-bond acceptors (Lipinski definition) is 3. The van der Waals surface area contributed by atoms with Gasteiger partial charge in [-0.3, -0.25) is 14.3 Å². The van der Waals surface area contributed by atoms with E-state index in [4.69, 9.17) is 0 Å². The van der Waals surface area contributed by atoms with Gasteiger partial charge in [-0.2, -0.15) is 0 Å². The molecule has 5 nitrogen and oxygen atoms in total. The van der Waals surface area contributed by atoms with E-state index in [0.717, 1.165) is 6.42 Å². The van der Waals surface area contributed by atoms with E-state index in [1.54, 1.807) is 6.08 Å². The maximum Gasteiger partial charge on any atom is 0.328 e. The molecule has 2 rings (SSSR count). The van der Waals surface area contributed by atoms with Crippen LogP contribution in [-0.4, -0.2) is 20.8 Å². The zero-order valence-electron chi connectivity index (χ0n) is 8.09. The topological polar surface area (TPSA) is 75.1 Å². The molecule has 1 aliphatic rings. The van der Waals surface area contributed by atoms with Crippen LogP contribution < -0.4 is 11.2 Å². The van der Waals surface area contributed by atoms with Gasteiger partial charge in [0, 0.05) is 12.3 Å². The molecule has 1 aromatic rings. The molecule has 0 aromatic carbocycles. The second kappa shape index (κ2) is 3.86. The van der Waals surface area contributed by atoms with Crippen molar-refractivity contribution < 1.29 is 5.11 Å². The summed E-state index contributed by atoms with van der Waals surface area (Å²) in [6, 6.07) is 0.902. The maximum atomic E-state index is 11.4. The average Bonchev–Trinajstić information content (AvgIpc) is 2.20. The summed E-state index contributed by atoms with van der Waals surface area (Å²) in [5.74, 6) is 0. The predicted molar refractivity (Wildman–Crippen MR) is 54.7 cm³/mol. The molecule has 0 spiro atoms. The fourth-order valence-electron chi connectivity index (χ4n) is 1.74. The van der Waals surface area contributed by atoms with E-state index in [1.807, 2.05) is 6.08 Å². The van der Waals surface area contributed by atoms with Crippen LogP contribution in [0, 0.1) is 0 Å². The Balaban J connectivity index is 2.45. The molecule has 1 heterocycles. The number of aromatic nitrogens is 2. The van der Waals surface area contributed by atoms with E-state index in [9.17, 15) is 14.7 Å². The van der Waals surface area contributed by atoms with E-state index in [2.05, 4.69) is 4.98 Å². The molecule has 15 heavy (non-hydrogen) atoms. The molecule has 0 amide bonds. The Hall–Kier alpha value is -1.62. The Bertz CT molecular complexity index is 486. The Morgan fingerprint density at radius 2 is 2.27 bits per heavy atom. The van der Waals surface area contributed by atoms with Gasteiger partial charge in [0.25, 0.3) is 5.56 Å². The lowest BCUT2D eigenvalue weighted by Gasteiger charge is -2.24. The monoisotopic (exact) mass is 208 g/mol. The minimum Gasteiger partial charge on any atom is -0.391 e. The molecule has 0 fully saturated rings. The highest BCUT2D eigenvalue weighted by molar-refractivity contribution is 5.02. The zero-order valence-corrected chi connectivity index (χ0v) is 8.09. The largest absolute Gasteiger partial charge is 0.391 e. The van der Waals surface area contributed by atoms with Crippen LogP contribution in [0.5, 0.6) is 0 Å². The van der Waals surface area contributed by atoms with Crippen molar-refractivity contribution in [3.63, 3.8) is 0 Å². The Kier molecular flexibility index (Phi) is 2.55. The average molecular weight is 208 g/mol. The first-order chi connectivity index (χ1) is 7.18. The van der Waals surface area contributed by atoms with Crippen LogP contribution in [-0.2, 0) is 0 Å². The van der Waals surface area contributed by atoms with Crippen molar-refractivity contribution in [3.8, 4) is 0 Å². The lowest BCUT2D eigenvalue weighted by atomic mass is 9.99. The molecule has 0 aliphatic heterocycles. The number of H-pyrrole nitrogens is 1. The summed E-state index contributed by atoms with van der Waals surface area (Å²) in [5.41, 5.74) is -0.913. The normalized spacial score (nSPS) is 25.4. The van der Waals surface area contributed by atoms with Crippen LogP contribution in [0.15, 0.2) is 34.0 Å². The van der Waals surface area contributed by atoms with Crippen LogP contribution in [0.25, 0.3) is 0 Å². The van der Waals surface area contributed by atoms with Crippen LogP contribution in [0.3, 0.4) is 0 Å². The third-order valence-corrected chi connectivity index (χ3v) is 2.53. The molecule has 0 bridgehead atoms. The lowest BCUT2D eigenvalue weighted by Crippen LogP contribution is -2.36. The number of allylic oxidation sites excluding steroid dienone is 1. The van der Waals surface area contributed by atoms with Crippen molar-refractivity contribution in [2.45, 2.75) is 25.0 Å². The maximum absolute atomic E-state index is 11.4. The number of hydrogen-bond donors (Lipinski definition) is 2. The lowest BCUT2D eigenvalue weighted by molar-refractivity contribution is 0.117. The first-order valence-electron chi connectivity index (χ1n) is 4.84.